The number of piperazine rings is 1. The molecule has 1 aliphatic rings. The molecule has 1 amide bonds. The predicted octanol–water partition coefficient (Wildman–Crippen LogP) is 0.668. The zero-order valence-electron chi connectivity index (χ0n) is 13.1. The summed E-state index contributed by atoms with van der Waals surface area (Å²) in [6.07, 6.45) is 6.43. The van der Waals surface area contributed by atoms with Crippen molar-refractivity contribution in [3.05, 3.63) is 30.0 Å². The van der Waals surface area contributed by atoms with Crippen LogP contribution in [-0.2, 0) is 11.3 Å². The summed E-state index contributed by atoms with van der Waals surface area (Å²) in [7, 11) is 0. The molecule has 0 unspecified atom stereocenters. The van der Waals surface area contributed by atoms with Crippen molar-refractivity contribution in [2.75, 3.05) is 44.2 Å². The van der Waals surface area contributed by atoms with Gasteiger partial charge in [0.15, 0.2) is 5.13 Å². The largest absolute Gasteiger partial charge is 0.355 e. The lowest BCUT2D eigenvalue weighted by Crippen LogP contribution is -2.49. The number of carbonyl (C=O) groups excluding carboxylic acids is 1. The first-order valence-electron chi connectivity index (χ1n) is 7.92. The van der Waals surface area contributed by atoms with Crippen molar-refractivity contribution in [1.29, 1.82) is 0 Å². The monoisotopic (exact) mass is 334 g/mol. The fraction of sp³-hybridized carbons (Fsp3) is 0.533. The lowest BCUT2D eigenvalue weighted by Gasteiger charge is -2.34. The number of amides is 1. The van der Waals surface area contributed by atoms with Gasteiger partial charge in [-0.1, -0.05) is 0 Å². The van der Waals surface area contributed by atoms with Gasteiger partial charge in [-0.15, -0.1) is 11.3 Å². The third-order valence-corrected chi connectivity index (χ3v) is 4.71. The van der Waals surface area contributed by atoms with Gasteiger partial charge in [-0.25, -0.2) is 4.98 Å². The standard InChI is InChI=1S/C15H22N6OS/c22-14(16-3-1-6-21-7-2-4-18-21)13-19-8-10-20(11-9-19)15-17-5-12-23-15/h2,4-5,7,12H,1,3,6,8-11,13H2,(H,16,22). The van der Waals surface area contributed by atoms with Crippen LogP contribution in [0.2, 0.25) is 0 Å². The third kappa shape index (κ3) is 4.77. The predicted molar refractivity (Wildman–Crippen MR) is 90.6 cm³/mol. The Kier molecular flexibility index (Phi) is 5.60. The Hall–Kier alpha value is -1.93. The van der Waals surface area contributed by atoms with Crippen LogP contribution in [-0.4, -0.2) is 64.8 Å². The molecule has 1 fully saturated rings. The zero-order valence-corrected chi connectivity index (χ0v) is 13.9. The molecule has 0 spiro atoms. The maximum absolute atomic E-state index is 12.0. The molecule has 1 N–H and O–H groups in total. The van der Waals surface area contributed by atoms with E-state index in [9.17, 15) is 4.79 Å². The Bertz CT molecular complexity index is 577. The molecule has 0 aliphatic carbocycles. The van der Waals surface area contributed by atoms with E-state index in [1.165, 1.54) is 0 Å². The van der Waals surface area contributed by atoms with Gasteiger partial charge in [0.25, 0.3) is 0 Å². The summed E-state index contributed by atoms with van der Waals surface area (Å²) in [4.78, 5) is 20.8. The number of aromatic nitrogens is 3. The van der Waals surface area contributed by atoms with Gasteiger partial charge < -0.3 is 10.2 Å². The first kappa shape index (κ1) is 15.9. The summed E-state index contributed by atoms with van der Waals surface area (Å²) in [6, 6.07) is 1.91. The quantitative estimate of drug-likeness (QED) is 0.754. The molecule has 23 heavy (non-hydrogen) atoms. The van der Waals surface area contributed by atoms with Gasteiger partial charge in [0.2, 0.25) is 5.91 Å². The maximum atomic E-state index is 12.0. The highest BCUT2D eigenvalue weighted by Crippen LogP contribution is 2.18. The van der Waals surface area contributed by atoms with Crippen LogP contribution in [0.15, 0.2) is 30.0 Å². The molecule has 124 valence electrons. The summed E-state index contributed by atoms with van der Waals surface area (Å²) in [5.74, 6) is 0.105. The van der Waals surface area contributed by atoms with E-state index < -0.39 is 0 Å². The molecule has 2 aromatic heterocycles. The number of anilines is 1. The fourth-order valence-electron chi connectivity index (χ4n) is 2.63. The molecule has 3 rings (SSSR count). The number of nitrogens with one attached hydrogen (secondary N) is 1. The Balaban J connectivity index is 1.30. The van der Waals surface area contributed by atoms with Crippen LogP contribution < -0.4 is 10.2 Å². The molecule has 0 bridgehead atoms. The Labute approximate surface area is 139 Å². The lowest BCUT2D eigenvalue weighted by molar-refractivity contribution is -0.122. The van der Waals surface area contributed by atoms with Crippen molar-refractivity contribution >= 4 is 22.4 Å². The number of aryl methyl sites for hydroxylation is 1. The highest BCUT2D eigenvalue weighted by Gasteiger charge is 2.20. The fourth-order valence-corrected chi connectivity index (χ4v) is 3.33. The second-order valence-corrected chi connectivity index (χ2v) is 6.42. The summed E-state index contributed by atoms with van der Waals surface area (Å²) in [6.45, 7) is 5.67. The summed E-state index contributed by atoms with van der Waals surface area (Å²) in [5, 5.41) is 10.2. The normalized spacial score (nSPS) is 15.7. The number of rotatable bonds is 7. The molecule has 1 aliphatic heterocycles. The van der Waals surface area contributed by atoms with Crippen LogP contribution in [0.25, 0.3) is 0 Å². The smallest absolute Gasteiger partial charge is 0.234 e. The molecule has 0 aromatic carbocycles. The van der Waals surface area contributed by atoms with Crippen molar-refractivity contribution in [2.45, 2.75) is 13.0 Å². The van der Waals surface area contributed by atoms with Gasteiger partial charge >= 0.3 is 0 Å². The molecule has 3 heterocycles. The minimum Gasteiger partial charge on any atom is -0.355 e. The number of hydrogen-bond donors (Lipinski definition) is 1. The maximum Gasteiger partial charge on any atom is 0.234 e. The van der Waals surface area contributed by atoms with E-state index >= 15 is 0 Å². The van der Waals surface area contributed by atoms with Crippen molar-refractivity contribution in [3.63, 3.8) is 0 Å². The van der Waals surface area contributed by atoms with Crippen molar-refractivity contribution in [1.82, 2.24) is 25.0 Å². The average molecular weight is 334 g/mol. The molecule has 2 aromatic rings. The molecular weight excluding hydrogens is 312 g/mol. The van der Waals surface area contributed by atoms with Crippen molar-refractivity contribution < 1.29 is 4.79 Å². The van der Waals surface area contributed by atoms with Crippen LogP contribution >= 0.6 is 11.3 Å². The van der Waals surface area contributed by atoms with E-state index in [2.05, 4.69) is 25.2 Å². The van der Waals surface area contributed by atoms with E-state index in [0.717, 1.165) is 44.3 Å². The van der Waals surface area contributed by atoms with Crippen LogP contribution in [0.3, 0.4) is 0 Å². The Morgan fingerprint density at radius 2 is 2.13 bits per heavy atom. The van der Waals surface area contributed by atoms with E-state index in [1.807, 2.05) is 28.5 Å². The molecular formula is C15H22N6OS. The van der Waals surface area contributed by atoms with E-state index in [-0.39, 0.29) is 5.91 Å². The van der Waals surface area contributed by atoms with Crippen LogP contribution in [0, 0.1) is 0 Å². The molecule has 8 heteroatoms. The van der Waals surface area contributed by atoms with Crippen LogP contribution in [0.5, 0.6) is 0 Å². The average Bonchev–Trinajstić information content (AvgIpc) is 3.26. The van der Waals surface area contributed by atoms with Crippen molar-refractivity contribution in [3.8, 4) is 0 Å². The van der Waals surface area contributed by atoms with Gasteiger partial charge in [0.05, 0.1) is 6.54 Å². The second kappa shape index (κ2) is 8.07. The Morgan fingerprint density at radius 1 is 1.26 bits per heavy atom. The SMILES string of the molecule is O=C(CN1CCN(c2nccs2)CC1)NCCCn1cccn1. The first-order valence-corrected chi connectivity index (χ1v) is 8.80. The van der Waals surface area contributed by atoms with Crippen LogP contribution in [0.4, 0.5) is 5.13 Å². The Morgan fingerprint density at radius 3 is 2.83 bits per heavy atom. The van der Waals surface area contributed by atoms with E-state index in [0.29, 0.717) is 13.1 Å². The van der Waals surface area contributed by atoms with E-state index in [4.69, 9.17) is 0 Å². The first-order chi connectivity index (χ1) is 11.3. The van der Waals surface area contributed by atoms with Gasteiger partial charge in [-0.2, -0.15) is 5.10 Å². The number of thiazole rings is 1. The molecule has 0 saturated carbocycles. The van der Waals surface area contributed by atoms with Gasteiger partial charge in [0.1, 0.15) is 0 Å². The zero-order chi connectivity index (χ0) is 15.9. The van der Waals surface area contributed by atoms with Crippen LogP contribution in [0.1, 0.15) is 6.42 Å². The minimum atomic E-state index is 0.105. The molecule has 7 nitrogen and oxygen atoms in total. The van der Waals surface area contributed by atoms with Gasteiger partial charge in [-0.3, -0.25) is 14.4 Å². The minimum absolute atomic E-state index is 0.105. The topological polar surface area (TPSA) is 66.3 Å². The second-order valence-electron chi connectivity index (χ2n) is 5.55. The number of nitrogens with zero attached hydrogens (tertiary/aromatic N) is 5. The molecule has 0 atom stereocenters. The molecule has 1 saturated heterocycles. The van der Waals surface area contributed by atoms with Crippen molar-refractivity contribution in [2.24, 2.45) is 0 Å². The van der Waals surface area contributed by atoms with Gasteiger partial charge in [-0.05, 0) is 12.5 Å². The highest BCUT2D eigenvalue weighted by atomic mass is 32.1. The summed E-state index contributed by atoms with van der Waals surface area (Å²) >= 11 is 1.67. The number of carbonyl (C=O) groups is 1. The number of hydrogen-bond acceptors (Lipinski definition) is 6. The van der Waals surface area contributed by atoms with E-state index in [1.54, 1.807) is 17.5 Å². The highest BCUT2D eigenvalue weighted by molar-refractivity contribution is 7.13. The third-order valence-electron chi connectivity index (χ3n) is 3.87. The summed E-state index contributed by atoms with van der Waals surface area (Å²) in [5.41, 5.74) is 0. The lowest BCUT2D eigenvalue weighted by atomic mass is 10.3. The van der Waals surface area contributed by atoms with Gasteiger partial charge in [0, 0.05) is 63.2 Å². The summed E-state index contributed by atoms with van der Waals surface area (Å²) < 4.78 is 1.88. The molecule has 0 radical (unpaired) electrons.